The summed E-state index contributed by atoms with van der Waals surface area (Å²) in [6.45, 7) is -0.308. The Morgan fingerprint density at radius 1 is 1.26 bits per heavy atom. The van der Waals surface area contributed by atoms with Gasteiger partial charge in [0.15, 0.2) is 0 Å². The number of sulfonamides is 2. The Morgan fingerprint density at radius 3 is 2.56 bits per heavy atom. The maximum Gasteiger partial charge on any atom is 0.270 e. The summed E-state index contributed by atoms with van der Waals surface area (Å²) < 4.78 is 48.0. The van der Waals surface area contributed by atoms with Crippen molar-refractivity contribution < 1.29 is 26.6 Å². The van der Waals surface area contributed by atoms with E-state index >= 15 is 0 Å². The Balaban J connectivity index is 1.93. The predicted molar refractivity (Wildman–Crippen MR) is 92.8 cm³/mol. The molecule has 0 spiro atoms. The van der Waals surface area contributed by atoms with Crippen molar-refractivity contribution in [2.24, 2.45) is 5.14 Å². The molecule has 0 saturated carbocycles. The maximum absolute atomic E-state index is 12.1. The van der Waals surface area contributed by atoms with Crippen LogP contribution >= 0.6 is 11.3 Å². The molecule has 4 N–H and O–H groups in total. The van der Waals surface area contributed by atoms with Crippen LogP contribution in [-0.2, 0) is 24.8 Å². The van der Waals surface area contributed by atoms with Crippen molar-refractivity contribution in [3.8, 4) is 0 Å². The van der Waals surface area contributed by atoms with Crippen molar-refractivity contribution in [2.75, 3.05) is 11.9 Å². The molecule has 0 saturated heterocycles. The first-order valence-electron chi connectivity index (χ1n) is 6.89. The van der Waals surface area contributed by atoms with E-state index in [1.807, 2.05) is 0 Å². The molecule has 1 aromatic heterocycles. The number of anilines is 1. The molecule has 16 heteroatoms. The van der Waals surface area contributed by atoms with Gasteiger partial charge in [0.1, 0.15) is 0 Å². The third kappa shape index (κ3) is 5.73. The molecule has 13 nitrogen and oxygen atoms in total. The van der Waals surface area contributed by atoms with Crippen LogP contribution in [0.4, 0.5) is 10.8 Å². The zero-order valence-electron chi connectivity index (χ0n) is 13.2. The molecule has 2 rings (SSSR count). The number of carbonyl (C=O) groups excluding carboxylic acids is 1. The number of nitrogens with zero attached hydrogens (tertiary/aromatic N) is 3. The molecule has 0 atom stereocenters. The lowest BCUT2D eigenvalue weighted by Crippen LogP contribution is -2.27. The highest BCUT2D eigenvalue weighted by molar-refractivity contribution is 7.91. The monoisotopic (exact) mass is 436 g/mol. The Labute approximate surface area is 156 Å². The summed E-state index contributed by atoms with van der Waals surface area (Å²) in [5, 5.41) is 24.4. The van der Waals surface area contributed by atoms with E-state index in [1.54, 1.807) is 0 Å². The largest absolute Gasteiger partial charge is 0.300 e. The van der Waals surface area contributed by atoms with Gasteiger partial charge < -0.3 is 5.32 Å². The number of aromatic nitrogens is 2. The summed E-state index contributed by atoms with van der Waals surface area (Å²) in [6, 6.07) is 4.42. The van der Waals surface area contributed by atoms with Crippen LogP contribution in [0.1, 0.15) is 6.42 Å². The minimum Gasteiger partial charge on any atom is -0.300 e. The molecular formula is C11H12N6O7S3. The van der Waals surface area contributed by atoms with E-state index in [2.05, 4.69) is 20.2 Å². The number of nitrogens with two attached hydrogens (primary N) is 1. The minimum atomic E-state index is -4.06. The number of rotatable bonds is 8. The second-order valence-corrected chi connectivity index (χ2v) is 9.35. The van der Waals surface area contributed by atoms with E-state index < -0.39 is 40.9 Å². The van der Waals surface area contributed by atoms with Crippen LogP contribution in [0.3, 0.4) is 0 Å². The van der Waals surface area contributed by atoms with E-state index in [-0.39, 0.29) is 23.0 Å². The van der Waals surface area contributed by atoms with Crippen molar-refractivity contribution >= 4 is 48.1 Å². The molecule has 0 aliphatic heterocycles. The highest BCUT2D eigenvalue weighted by atomic mass is 32.2. The summed E-state index contributed by atoms with van der Waals surface area (Å²) in [4.78, 5) is 21.4. The number of hydrogen-bond acceptors (Lipinski definition) is 10. The summed E-state index contributed by atoms with van der Waals surface area (Å²) in [5.41, 5.74) is -0.391. The minimum absolute atomic E-state index is 0.120. The summed E-state index contributed by atoms with van der Waals surface area (Å²) in [5.74, 6) is -0.658. The van der Waals surface area contributed by atoms with Crippen LogP contribution in [-0.4, -0.2) is 44.4 Å². The first-order valence-corrected chi connectivity index (χ1v) is 10.7. The van der Waals surface area contributed by atoms with E-state index in [1.165, 1.54) is 12.1 Å². The van der Waals surface area contributed by atoms with Gasteiger partial charge in [0.2, 0.25) is 25.4 Å². The second kappa shape index (κ2) is 8.01. The van der Waals surface area contributed by atoms with Gasteiger partial charge in [-0.25, -0.2) is 26.7 Å². The van der Waals surface area contributed by atoms with Crippen LogP contribution in [0.25, 0.3) is 0 Å². The normalized spacial score (nSPS) is 11.9. The number of hydrogen-bond donors (Lipinski definition) is 3. The number of amides is 1. The Kier molecular flexibility index (Phi) is 6.16. The molecule has 146 valence electrons. The van der Waals surface area contributed by atoms with Gasteiger partial charge in [-0.2, -0.15) is 0 Å². The van der Waals surface area contributed by atoms with Gasteiger partial charge in [0.25, 0.3) is 15.7 Å². The fraction of sp³-hybridized carbons (Fsp3) is 0.182. The van der Waals surface area contributed by atoms with Gasteiger partial charge in [-0.05, 0) is 6.07 Å². The van der Waals surface area contributed by atoms with Crippen molar-refractivity contribution in [1.29, 1.82) is 0 Å². The number of carbonyl (C=O) groups is 1. The topological polar surface area (TPSA) is 204 Å². The van der Waals surface area contributed by atoms with Gasteiger partial charge in [-0.3, -0.25) is 14.9 Å². The van der Waals surface area contributed by atoms with Crippen molar-refractivity contribution in [1.82, 2.24) is 14.9 Å². The second-order valence-electron chi connectivity index (χ2n) is 4.87. The van der Waals surface area contributed by atoms with Crippen LogP contribution in [0.2, 0.25) is 0 Å². The molecule has 2 aromatic rings. The molecule has 27 heavy (non-hydrogen) atoms. The molecular weight excluding hydrogens is 424 g/mol. The zero-order chi connectivity index (χ0) is 20.2. The van der Waals surface area contributed by atoms with Gasteiger partial charge in [-0.15, -0.1) is 10.2 Å². The molecule has 1 amide bonds. The van der Waals surface area contributed by atoms with Crippen molar-refractivity contribution in [3.63, 3.8) is 0 Å². The van der Waals surface area contributed by atoms with Gasteiger partial charge >= 0.3 is 0 Å². The fourth-order valence-corrected chi connectivity index (χ4v) is 4.12. The average Bonchev–Trinajstić information content (AvgIpc) is 3.03. The number of nitro benzene ring substituents is 1. The van der Waals surface area contributed by atoms with Crippen LogP contribution in [0.15, 0.2) is 33.5 Å². The molecule has 1 heterocycles. The highest BCUT2D eigenvalue weighted by Crippen LogP contribution is 2.19. The Hall–Kier alpha value is -2.53. The number of primary sulfonamides is 1. The van der Waals surface area contributed by atoms with Crippen LogP contribution in [0.5, 0.6) is 0 Å². The van der Waals surface area contributed by atoms with Gasteiger partial charge in [0.05, 0.1) is 9.82 Å². The summed E-state index contributed by atoms with van der Waals surface area (Å²) >= 11 is 0.539. The van der Waals surface area contributed by atoms with Crippen molar-refractivity contribution in [2.45, 2.75) is 15.7 Å². The third-order valence-electron chi connectivity index (χ3n) is 2.88. The van der Waals surface area contributed by atoms with E-state index in [4.69, 9.17) is 5.14 Å². The quantitative estimate of drug-likeness (QED) is 0.274. The average molecular weight is 436 g/mol. The smallest absolute Gasteiger partial charge is 0.270 e. The first-order chi connectivity index (χ1) is 12.5. The number of benzene rings is 1. The van der Waals surface area contributed by atoms with E-state index in [0.717, 1.165) is 12.1 Å². The molecule has 0 bridgehead atoms. The molecule has 0 aliphatic carbocycles. The molecule has 0 unspecified atom stereocenters. The van der Waals surface area contributed by atoms with Crippen LogP contribution < -0.4 is 15.2 Å². The molecule has 0 fully saturated rings. The van der Waals surface area contributed by atoms with Gasteiger partial charge in [0, 0.05) is 25.1 Å². The number of nitro groups is 1. The lowest BCUT2D eigenvalue weighted by Gasteiger charge is -2.06. The predicted octanol–water partition coefficient (Wildman–Crippen LogP) is -0.599. The summed E-state index contributed by atoms with van der Waals surface area (Å²) in [6.07, 6.45) is -0.307. The lowest BCUT2D eigenvalue weighted by atomic mass is 10.3. The SMILES string of the molecule is NS(=O)(=O)c1nnc(NC(=O)CCNS(=O)(=O)c2cccc([N+](=O)[O-])c2)s1. The van der Waals surface area contributed by atoms with Gasteiger partial charge in [-0.1, -0.05) is 17.4 Å². The number of nitrogens with one attached hydrogen (secondary N) is 2. The standard InChI is InChI=1S/C11H12N6O7S3/c12-26(21,22)11-16-15-10(25-11)14-9(18)4-5-13-27(23,24)8-3-1-2-7(6-8)17(19)20/h1-3,6,13H,4-5H2,(H2,12,21,22)(H,14,15,18). The van der Waals surface area contributed by atoms with E-state index in [0.29, 0.717) is 11.3 Å². The molecule has 1 aromatic carbocycles. The van der Waals surface area contributed by atoms with Crippen molar-refractivity contribution in [3.05, 3.63) is 34.4 Å². The molecule has 0 radical (unpaired) electrons. The Bertz CT molecular complexity index is 1080. The summed E-state index contributed by atoms with van der Waals surface area (Å²) in [7, 11) is -8.10. The lowest BCUT2D eigenvalue weighted by molar-refractivity contribution is -0.385. The highest BCUT2D eigenvalue weighted by Gasteiger charge is 2.19. The zero-order valence-corrected chi connectivity index (χ0v) is 15.7. The maximum atomic E-state index is 12.1. The third-order valence-corrected chi connectivity index (χ3v) is 6.49. The molecule has 0 aliphatic rings. The Morgan fingerprint density at radius 2 is 1.96 bits per heavy atom. The first kappa shape index (κ1) is 20.8. The van der Waals surface area contributed by atoms with Crippen LogP contribution in [0, 0.1) is 10.1 Å². The number of non-ortho nitro benzene ring substituents is 1. The van der Waals surface area contributed by atoms with E-state index in [9.17, 15) is 31.7 Å². The fourth-order valence-electron chi connectivity index (χ4n) is 1.70.